The van der Waals surface area contributed by atoms with Crippen LogP contribution in [0.5, 0.6) is 0 Å². The molecule has 2 amide bonds. The number of amides is 2. The quantitative estimate of drug-likeness (QED) is 0.441. The number of likely N-dealkylation sites (tertiary alicyclic amines) is 1. The van der Waals surface area contributed by atoms with Crippen LogP contribution in [0, 0.1) is 5.92 Å². The molecular formula is C25H31ClN8O3. The van der Waals surface area contributed by atoms with Crippen molar-refractivity contribution >= 4 is 46.8 Å². The summed E-state index contributed by atoms with van der Waals surface area (Å²) in [6.45, 7) is 5.60. The first-order valence-corrected chi connectivity index (χ1v) is 12.6. The SMILES string of the molecule is CC(C)CC(=O)Cc1ccc(C(=O)N2CCC3(CC2)CN=C(NC(=O)c2nc(Cl)c(N)nc2N)N3)cc1. The summed E-state index contributed by atoms with van der Waals surface area (Å²) in [6, 6.07) is 7.27. The maximum Gasteiger partial charge on any atom is 0.280 e. The van der Waals surface area contributed by atoms with E-state index in [9.17, 15) is 14.4 Å². The van der Waals surface area contributed by atoms with Crippen LogP contribution in [0.4, 0.5) is 11.6 Å². The van der Waals surface area contributed by atoms with E-state index in [1.807, 2.05) is 30.9 Å². The number of ketones is 1. The van der Waals surface area contributed by atoms with Gasteiger partial charge in [0.1, 0.15) is 5.78 Å². The molecule has 1 fully saturated rings. The zero-order chi connectivity index (χ0) is 26.7. The number of nitrogens with one attached hydrogen (secondary N) is 2. The van der Waals surface area contributed by atoms with Crippen molar-refractivity contribution in [1.82, 2.24) is 25.5 Å². The second-order valence-electron chi connectivity index (χ2n) is 9.96. The van der Waals surface area contributed by atoms with E-state index < -0.39 is 5.91 Å². The predicted octanol–water partition coefficient (Wildman–Crippen LogP) is 1.82. The van der Waals surface area contributed by atoms with Crippen molar-refractivity contribution in [3.8, 4) is 0 Å². The molecule has 2 aliphatic rings. The predicted molar refractivity (Wildman–Crippen MR) is 141 cm³/mol. The Bertz CT molecular complexity index is 1240. The number of hydrogen-bond donors (Lipinski definition) is 4. The summed E-state index contributed by atoms with van der Waals surface area (Å²) in [5, 5.41) is 5.84. The third-order valence-electron chi connectivity index (χ3n) is 6.52. The minimum Gasteiger partial charge on any atom is -0.382 e. The Balaban J connectivity index is 1.29. The Labute approximate surface area is 220 Å². The van der Waals surface area contributed by atoms with Crippen molar-refractivity contribution in [1.29, 1.82) is 0 Å². The highest BCUT2D eigenvalue weighted by Crippen LogP contribution is 2.27. The van der Waals surface area contributed by atoms with Crippen molar-refractivity contribution in [3.63, 3.8) is 0 Å². The van der Waals surface area contributed by atoms with Crippen LogP contribution < -0.4 is 22.1 Å². The number of rotatable bonds is 6. The summed E-state index contributed by atoms with van der Waals surface area (Å²) in [6.07, 6.45) is 2.27. The molecule has 0 unspecified atom stereocenters. The fraction of sp³-hybridized carbons (Fsp3) is 0.440. The topological polar surface area (TPSA) is 169 Å². The first kappa shape index (κ1) is 26.3. The van der Waals surface area contributed by atoms with Crippen LogP contribution in [0.15, 0.2) is 29.3 Å². The number of aliphatic imine (C=N–C) groups is 1. The lowest BCUT2D eigenvalue weighted by Gasteiger charge is -2.39. The Kier molecular flexibility index (Phi) is 7.63. The summed E-state index contributed by atoms with van der Waals surface area (Å²) >= 11 is 5.86. The minimum absolute atomic E-state index is 0.0448. The molecule has 1 aromatic heterocycles. The highest BCUT2D eigenvalue weighted by Gasteiger charge is 2.40. The average molecular weight is 527 g/mol. The molecule has 0 aliphatic carbocycles. The molecule has 0 saturated carbocycles. The number of guanidine groups is 1. The number of benzene rings is 1. The van der Waals surface area contributed by atoms with Crippen molar-refractivity contribution in [2.24, 2.45) is 10.9 Å². The van der Waals surface area contributed by atoms with Crippen molar-refractivity contribution in [2.45, 2.75) is 45.1 Å². The Morgan fingerprint density at radius 3 is 2.43 bits per heavy atom. The monoisotopic (exact) mass is 526 g/mol. The Morgan fingerprint density at radius 1 is 1.11 bits per heavy atom. The van der Waals surface area contributed by atoms with Crippen LogP contribution in [0.2, 0.25) is 5.15 Å². The van der Waals surface area contributed by atoms with Gasteiger partial charge in [-0.05, 0) is 36.5 Å². The lowest BCUT2D eigenvalue weighted by Crippen LogP contribution is -2.57. The smallest absolute Gasteiger partial charge is 0.280 e. The first-order valence-electron chi connectivity index (χ1n) is 12.2. The van der Waals surface area contributed by atoms with Gasteiger partial charge in [0.2, 0.25) is 0 Å². The molecule has 2 aromatic rings. The summed E-state index contributed by atoms with van der Waals surface area (Å²) in [5.74, 6) is 0.00900. The van der Waals surface area contributed by atoms with Crippen LogP contribution in [-0.2, 0) is 11.2 Å². The number of carbonyl (C=O) groups is 3. The molecule has 1 spiro atoms. The molecule has 0 atom stereocenters. The van der Waals surface area contributed by atoms with Crippen molar-refractivity contribution in [2.75, 3.05) is 31.1 Å². The van der Waals surface area contributed by atoms with Crippen LogP contribution in [0.25, 0.3) is 0 Å². The van der Waals surface area contributed by atoms with Gasteiger partial charge < -0.3 is 21.7 Å². The van der Waals surface area contributed by atoms with Gasteiger partial charge in [0.05, 0.1) is 12.1 Å². The summed E-state index contributed by atoms with van der Waals surface area (Å²) in [5.41, 5.74) is 12.3. The average Bonchev–Trinajstić information content (AvgIpc) is 3.23. The van der Waals surface area contributed by atoms with Crippen LogP contribution in [-0.4, -0.2) is 63.6 Å². The van der Waals surface area contributed by atoms with E-state index in [1.54, 1.807) is 12.1 Å². The molecule has 1 saturated heterocycles. The van der Waals surface area contributed by atoms with E-state index >= 15 is 0 Å². The highest BCUT2D eigenvalue weighted by atomic mass is 35.5. The van der Waals surface area contributed by atoms with Gasteiger partial charge in [0.15, 0.2) is 28.4 Å². The van der Waals surface area contributed by atoms with Crippen molar-refractivity contribution < 1.29 is 14.4 Å². The number of nitrogen functional groups attached to an aromatic ring is 2. The largest absolute Gasteiger partial charge is 0.382 e. The molecule has 4 rings (SSSR count). The van der Waals surface area contributed by atoms with Crippen LogP contribution in [0.3, 0.4) is 0 Å². The van der Waals surface area contributed by atoms with E-state index in [2.05, 4.69) is 25.6 Å². The zero-order valence-electron chi connectivity index (χ0n) is 20.9. The molecule has 12 heteroatoms. The maximum absolute atomic E-state index is 13.0. The van der Waals surface area contributed by atoms with Crippen LogP contribution >= 0.6 is 11.6 Å². The third-order valence-corrected chi connectivity index (χ3v) is 6.80. The fourth-order valence-electron chi connectivity index (χ4n) is 4.53. The lowest BCUT2D eigenvalue weighted by atomic mass is 9.88. The highest BCUT2D eigenvalue weighted by molar-refractivity contribution is 6.31. The fourth-order valence-corrected chi connectivity index (χ4v) is 4.66. The normalized spacial score (nSPS) is 16.4. The van der Waals surface area contributed by atoms with E-state index in [4.69, 9.17) is 23.1 Å². The molecular weight excluding hydrogens is 496 g/mol. The second kappa shape index (κ2) is 10.7. The number of nitrogens with zero attached hydrogens (tertiary/aromatic N) is 4. The first-order chi connectivity index (χ1) is 17.5. The van der Waals surface area contributed by atoms with Gasteiger partial charge in [-0.2, -0.15) is 0 Å². The number of nitrogens with two attached hydrogens (primary N) is 2. The van der Waals surface area contributed by atoms with Crippen LogP contribution in [0.1, 0.15) is 59.5 Å². The van der Waals surface area contributed by atoms with Gasteiger partial charge in [-0.25, -0.2) is 9.97 Å². The Hall–Kier alpha value is -3.73. The second-order valence-corrected chi connectivity index (χ2v) is 10.3. The standard InChI is InChI=1S/C25H31ClN8O3/c1-14(2)11-17(35)12-15-3-5-16(6-4-15)23(37)34-9-7-25(8-10-34)13-29-24(33-25)32-22(36)18-20(27)31-21(28)19(26)30-18/h3-6,14H,7-13H2,1-2H3,(H4,27,28,31)(H2,29,32,33,36). The number of halogens is 1. The molecule has 0 bridgehead atoms. The molecule has 2 aliphatic heterocycles. The van der Waals surface area contributed by atoms with E-state index in [1.165, 1.54) is 0 Å². The number of carbonyl (C=O) groups excluding carboxylic acids is 3. The molecule has 6 N–H and O–H groups in total. The van der Waals surface area contributed by atoms with Gasteiger partial charge in [-0.15, -0.1) is 0 Å². The van der Waals surface area contributed by atoms with Gasteiger partial charge in [-0.3, -0.25) is 24.7 Å². The van der Waals surface area contributed by atoms with E-state index in [0.717, 1.165) is 5.56 Å². The lowest BCUT2D eigenvalue weighted by molar-refractivity contribution is -0.119. The molecule has 1 aromatic carbocycles. The summed E-state index contributed by atoms with van der Waals surface area (Å²) in [7, 11) is 0. The zero-order valence-corrected chi connectivity index (χ0v) is 21.6. The van der Waals surface area contributed by atoms with Gasteiger partial charge in [-0.1, -0.05) is 37.6 Å². The van der Waals surface area contributed by atoms with E-state index in [-0.39, 0.29) is 39.7 Å². The van der Waals surface area contributed by atoms with Gasteiger partial charge in [0, 0.05) is 31.5 Å². The molecule has 11 nitrogen and oxygen atoms in total. The Morgan fingerprint density at radius 2 is 1.78 bits per heavy atom. The third kappa shape index (κ3) is 6.16. The number of anilines is 2. The maximum atomic E-state index is 13.0. The molecule has 3 heterocycles. The van der Waals surface area contributed by atoms with Gasteiger partial charge in [0.25, 0.3) is 11.8 Å². The summed E-state index contributed by atoms with van der Waals surface area (Å²) < 4.78 is 0. The molecule has 0 radical (unpaired) electrons. The van der Waals surface area contributed by atoms with Crippen molar-refractivity contribution in [3.05, 3.63) is 46.2 Å². The van der Waals surface area contributed by atoms with E-state index in [0.29, 0.717) is 62.8 Å². The summed E-state index contributed by atoms with van der Waals surface area (Å²) in [4.78, 5) is 51.7. The number of Topliss-reactive ketones (excluding diaryl/α,β-unsaturated/α-hetero) is 1. The number of piperidine rings is 1. The molecule has 37 heavy (non-hydrogen) atoms. The number of hydrogen-bond acceptors (Lipinski definition) is 9. The molecule has 196 valence electrons. The number of aromatic nitrogens is 2. The van der Waals surface area contributed by atoms with Gasteiger partial charge >= 0.3 is 0 Å². The minimum atomic E-state index is -0.600.